The summed E-state index contributed by atoms with van der Waals surface area (Å²) in [7, 11) is 0. The second kappa shape index (κ2) is 2.55. The number of pyridine rings is 1. The molecule has 0 aliphatic rings. The minimum Gasteiger partial charge on any atom is -0.307 e. The molecule has 0 N–H and O–H groups in total. The van der Waals surface area contributed by atoms with E-state index in [4.69, 9.17) is 14.3 Å². The third-order valence-electron chi connectivity index (χ3n) is 1.46. The Morgan fingerprint density at radius 1 is 1.64 bits per heavy atom. The molecule has 0 unspecified atom stereocenters. The van der Waals surface area contributed by atoms with Gasteiger partial charge in [0.2, 0.25) is 0 Å². The van der Waals surface area contributed by atoms with E-state index in [1.165, 1.54) is 0 Å². The molecule has 2 aromatic heterocycles. The van der Waals surface area contributed by atoms with Crippen molar-refractivity contribution < 1.29 is 2.74 Å². The van der Waals surface area contributed by atoms with Gasteiger partial charge in [-0.2, -0.15) is 0 Å². The Labute approximate surface area is 72.2 Å². The van der Waals surface area contributed by atoms with Crippen LogP contribution in [0, 0.1) is 0 Å². The highest BCUT2D eigenvalue weighted by molar-refractivity contribution is 6.16. The number of alkyl halides is 1. The molecular formula is C8H7ClN2. The van der Waals surface area contributed by atoms with Gasteiger partial charge >= 0.3 is 0 Å². The lowest BCUT2D eigenvalue weighted by molar-refractivity contribution is 1.18. The van der Waals surface area contributed by atoms with Gasteiger partial charge in [-0.15, -0.1) is 11.6 Å². The lowest BCUT2D eigenvalue weighted by Gasteiger charge is -1.86. The van der Waals surface area contributed by atoms with Crippen LogP contribution < -0.4 is 0 Å². The summed E-state index contributed by atoms with van der Waals surface area (Å²) in [5.74, 6) is -1.90. The first-order valence-corrected chi connectivity index (χ1v) is 3.58. The molecule has 0 aliphatic heterocycles. The molecule has 0 aromatic carbocycles. The number of fused-ring (bicyclic) bond motifs is 1. The SMILES string of the molecule is [2H]C([2H])(Cl)c1cn2ccccc2n1. The number of halogens is 1. The molecule has 0 radical (unpaired) electrons. The summed E-state index contributed by atoms with van der Waals surface area (Å²) in [6.07, 6.45) is 3.39. The number of rotatable bonds is 1. The molecule has 3 heteroatoms. The fraction of sp³-hybridized carbons (Fsp3) is 0.125. The van der Waals surface area contributed by atoms with Crippen molar-refractivity contribution in [3.63, 3.8) is 0 Å². The van der Waals surface area contributed by atoms with Gasteiger partial charge < -0.3 is 4.40 Å². The van der Waals surface area contributed by atoms with Crippen LogP contribution in [0.1, 0.15) is 8.44 Å². The lowest BCUT2D eigenvalue weighted by atomic mass is 10.5. The highest BCUT2D eigenvalue weighted by Crippen LogP contribution is 2.05. The Kier molecular flexibility index (Phi) is 1.11. The van der Waals surface area contributed by atoms with Gasteiger partial charge in [0.05, 0.1) is 14.3 Å². The third kappa shape index (κ3) is 1.10. The van der Waals surface area contributed by atoms with Crippen LogP contribution in [0.5, 0.6) is 0 Å². The quantitative estimate of drug-likeness (QED) is 0.596. The molecule has 2 nitrogen and oxygen atoms in total. The predicted molar refractivity (Wildman–Crippen MR) is 44.7 cm³/mol. The van der Waals surface area contributed by atoms with Crippen molar-refractivity contribution in [3.05, 3.63) is 36.3 Å². The first-order chi connectivity index (χ1) is 6.07. The molecule has 0 atom stereocenters. The molecule has 56 valence electrons. The fourth-order valence-corrected chi connectivity index (χ4v) is 1.07. The Bertz CT molecular complexity index is 400. The van der Waals surface area contributed by atoms with Crippen LogP contribution in [0.25, 0.3) is 5.65 Å². The van der Waals surface area contributed by atoms with Gasteiger partial charge in [-0.1, -0.05) is 6.07 Å². The number of aromatic nitrogens is 2. The highest BCUT2D eigenvalue weighted by atomic mass is 35.5. The van der Waals surface area contributed by atoms with Crippen molar-refractivity contribution in [2.24, 2.45) is 0 Å². The standard InChI is InChI=1S/C8H7ClN2/c9-5-7-6-11-4-2-1-3-8(11)10-7/h1-4,6H,5H2/i5D2. The summed E-state index contributed by atoms with van der Waals surface area (Å²) >= 11 is 5.49. The molecule has 2 heterocycles. The van der Waals surface area contributed by atoms with Crippen molar-refractivity contribution in [1.82, 2.24) is 9.38 Å². The highest BCUT2D eigenvalue weighted by Gasteiger charge is 1.96. The number of imidazole rings is 1. The summed E-state index contributed by atoms with van der Waals surface area (Å²) in [6, 6.07) is 5.49. The molecule has 0 saturated carbocycles. The largest absolute Gasteiger partial charge is 0.307 e. The summed E-state index contributed by atoms with van der Waals surface area (Å²) in [5, 5.41) is 0. The van der Waals surface area contributed by atoms with E-state index in [9.17, 15) is 0 Å². The molecule has 0 aliphatic carbocycles. The van der Waals surface area contributed by atoms with Crippen LogP contribution >= 0.6 is 11.6 Å². The second-order valence-corrected chi connectivity index (χ2v) is 2.38. The number of hydrogen-bond acceptors (Lipinski definition) is 1. The number of nitrogens with zero attached hydrogens (tertiary/aromatic N) is 2. The summed E-state index contributed by atoms with van der Waals surface area (Å²) in [6.45, 7) is 0. The first-order valence-electron chi connectivity index (χ1n) is 4.20. The summed E-state index contributed by atoms with van der Waals surface area (Å²) in [5.41, 5.74) is 0.933. The molecule has 11 heavy (non-hydrogen) atoms. The van der Waals surface area contributed by atoms with Gasteiger partial charge in [-0.05, 0) is 12.1 Å². The van der Waals surface area contributed by atoms with E-state index < -0.39 is 5.83 Å². The average Bonchev–Trinajstić information content (AvgIpc) is 2.45. The van der Waals surface area contributed by atoms with E-state index in [-0.39, 0.29) is 5.69 Å². The molecule has 0 fully saturated rings. The maximum absolute atomic E-state index is 7.26. The summed E-state index contributed by atoms with van der Waals surface area (Å²) < 4.78 is 16.3. The zero-order chi connectivity index (χ0) is 9.47. The molecule has 0 amide bonds. The molecule has 0 saturated heterocycles. The van der Waals surface area contributed by atoms with Crippen molar-refractivity contribution in [1.29, 1.82) is 0 Å². The molecule has 0 bridgehead atoms. The minimum atomic E-state index is -1.90. The van der Waals surface area contributed by atoms with Crippen LogP contribution in [0.4, 0.5) is 0 Å². The monoisotopic (exact) mass is 168 g/mol. The minimum absolute atomic E-state index is 0.236. The van der Waals surface area contributed by atoms with Crippen molar-refractivity contribution >= 4 is 17.2 Å². The maximum Gasteiger partial charge on any atom is 0.137 e. The molecule has 2 aromatic rings. The van der Waals surface area contributed by atoms with Gasteiger partial charge in [0, 0.05) is 12.4 Å². The fourth-order valence-electron chi connectivity index (χ4n) is 0.980. The van der Waals surface area contributed by atoms with Crippen LogP contribution in [0.15, 0.2) is 30.6 Å². The van der Waals surface area contributed by atoms with Gasteiger partial charge in [0.15, 0.2) is 0 Å². The van der Waals surface area contributed by atoms with Crippen LogP contribution in [0.2, 0.25) is 0 Å². The van der Waals surface area contributed by atoms with Crippen LogP contribution in [-0.4, -0.2) is 9.38 Å². The van der Waals surface area contributed by atoms with Gasteiger partial charge in [0.25, 0.3) is 0 Å². The molecular weight excluding hydrogens is 160 g/mol. The molecule has 2 rings (SSSR count). The van der Waals surface area contributed by atoms with Gasteiger partial charge in [-0.25, -0.2) is 4.98 Å². The van der Waals surface area contributed by atoms with E-state index in [1.807, 2.05) is 12.1 Å². The zero-order valence-corrected chi connectivity index (χ0v) is 6.42. The lowest BCUT2D eigenvalue weighted by Crippen LogP contribution is -1.77. The van der Waals surface area contributed by atoms with Crippen molar-refractivity contribution in [2.45, 2.75) is 5.83 Å². The first kappa shape index (κ1) is 4.78. The van der Waals surface area contributed by atoms with Gasteiger partial charge in [0.1, 0.15) is 5.65 Å². The second-order valence-electron chi connectivity index (χ2n) is 2.19. The smallest absolute Gasteiger partial charge is 0.137 e. The Morgan fingerprint density at radius 2 is 2.55 bits per heavy atom. The van der Waals surface area contributed by atoms with Crippen molar-refractivity contribution in [2.75, 3.05) is 0 Å². The van der Waals surface area contributed by atoms with E-state index in [0.29, 0.717) is 5.65 Å². The van der Waals surface area contributed by atoms with Gasteiger partial charge in [-0.3, -0.25) is 0 Å². The summed E-state index contributed by atoms with van der Waals surface area (Å²) in [4.78, 5) is 4.04. The Morgan fingerprint density at radius 3 is 3.27 bits per heavy atom. The topological polar surface area (TPSA) is 17.3 Å². The zero-order valence-electron chi connectivity index (χ0n) is 7.66. The van der Waals surface area contributed by atoms with E-state index in [2.05, 4.69) is 4.98 Å². The van der Waals surface area contributed by atoms with Crippen LogP contribution in [-0.2, 0) is 5.83 Å². The number of hydrogen-bond donors (Lipinski definition) is 0. The normalized spacial score (nSPS) is 14.6. The van der Waals surface area contributed by atoms with Crippen molar-refractivity contribution in [3.8, 4) is 0 Å². The van der Waals surface area contributed by atoms with E-state index >= 15 is 0 Å². The Hall–Kier alpha value is -1.02. The van der Waals surface area contributed by atoms with E-state index in [0.717, 1.165) is 0 Å². The Balaban J connectivity index is 2.63. The third-order valence-corrected chi connectivity index (χ3v) is 1.65. The van der Waals surface area contributed by atoms with E-state index in [1.54, 1.807) is 22.9 Å². The molecule has 0 spiro atoms. The average molecular weight is 169 g/mol. The maximum atomic E-state index is 7.26. The predicted octanol–water partition coefficient (Wildman–Crippen LogP) is 2.07. The van der Waals surface area contributed by atoms with Crippen LogP contribution in [0.3, 0.4) is 0 Å².